The fraction of sp³-hybridized carbons (Fsp3) is 0.500. The number of aromatic amines is 1. The van der Waals surface area contributed by atoms with Crippen LogP contribution in [0.25, 0.3) is 0 Å². The van der Waals surface area contributed by atoms with Crippen LogP contribution in [0, 0.1) is 6.92 Å². The van der Waals surface area contributed by atoms with Gasteiger partial charge in [0.25, 0.3) is 5.56 Å². The van der Waals surface area contributed by atoms with Crippen molar-refractivity contribution in [3.63, 3.8) is 0 Å². The van der Waals surface area contributed by atoms with Crippen LogP contribution in [0.4, 0.5) is 0 Å². The van der Waals surface area contributed by atoms with Gasteiger partial charge in [-0.1, -0.05) is 16.8 Å². The number of piperidine rings is 1. The second kappa shape index (κ2) is 7.17. The number of H-pyrrole nitrogens is 1. The highest BCUT2D eigenvalue weighted by Gasteiger charge is 2.26. The van der Waals surface area contributed by atoms with E-state index in [0.29, 0.717) is 36.1 Å². The van der Waals surface area contributed by atoms with Crippen molar-refractivity contribution in [3.8, 4) is 0 Å². The van der Waals surface area contributed by atoms with Gasteiger partial charge < -0.3 is 14.4 Å². The first-order valence-electron chi connectivity index (χ1n) is 7.98. The number of hydrogen-bond donors (Lipinski definition) is 1. The number of nitrogens with one attached hydrogen (secondary N) is 1. The second-order valence-corrected chi connectivity index (χ2v) is 6.44. The zero-order valence-corrected chi connectivity index (χ0v) is 14.2. The summed E-state index contributed by atoms with van der Waals surface area (Å²) in [5, 5.41) is 3.90. The molecule has 2 aromatic heterocycles. The summed E-state index contributed by atoms with van der Waals surface area (Å²) in [6.45, 7) is 3.08. The van der Waals surface area contributed by atoms with Gasteiger partial charge in [0, 0.05) is 44.0 Å². The molecule has 2 aromatic rings. The summed E-state index contributed by atoms with van der Waals surface area (Å²) < 4.78 is 5.02. The van der Waals surface area contributed by atoms with Crippen LogP contribution in [0.1, 0.15) is 42.5 Å². The minimum Gasteiger partial charge on any atom is -0.360 e. The Kier molecular flexibility index (Phi) is 4.99. The molecule has 1 atom stereocenters. The average Bonchev–Trinajstić information content (AvgIpc) is 2.97. The van der Waals surface area contributed by atoms with Crippen molar-refractivity contribution < 1.29 is 9.32 Å². The van der Waals surface area contributed by atoms with Crippen LogP contribution >= 0.6 is 11.6 Å². The summed E-state index contributed by atoms with van der Waals surface area (Å²) in [4.78, 5) is 33.0. The number of likely N-dealkylation sites (tertiary alicyclic amines) is 1. The van der Waals surface area contributed by atoms with E-state index in [1.807, 2.05) is 4.90 Å². The number of aryl methyl sites for hydroxylation is 2. The Morgan fingerprint density at radius 3 is 3.04 bits per heavy atom. The Balaban J connectivity index is 1.62. The number of nitrogens with zero attached hydrogens (tertiary/aromatic N) is 3. The van der Waals surface area contributed by atoms with Gasteiger partial charge in [-0.2, -0.15) is 0 Å². The molecule has 1 N–H and O–H groups in total. The molecule has 1 aliphatic heterocycles. The summed E-state index contributed by atoms with van der Waals surface area (Å²) in [5.74, 6) is 1.37. The maximum atomic E-state index is 12.4. The van der Waals surface area contributed by atoms with E-state index >= 15 is 0 Å². The van der Waals surface area contributed by atoms with Crippen molar-refractivity contribution in [1.29, 1.82) is 0 Å². The quantitative estimate of drug-likeness (QED) is 0.911. The molecule has 0 bridgehead atoms. The highest BCUT2D eigenvalue weighted by atomic mass is 35.5. The van der Waals surface area contributed by atoms with Crippen LogP contribution in [0.15, 0.2) is 21.5 Å². The van der Waals surface area contributed by atoms with Gasteiger partial charge in [-0.25, -0.2) is 4.98 Å². The van der Waals surface area contributed by atoms with Crippen LogP contribution in [-0.2, 0) is 11.2 Å². The lowest BCUT2D eigenvalue weighted by Gasteiger charge is -2.32. The number of amides is 1. The lowest BCUT2D eigenvalue weighted by molar-refractivity contribution is -0.132. The molecule has 128 valence electrons. The smallest absolute Gasteiger partial charge is 0.251 e. The van der Waals surface area contributed by atoms with E-state index in [0.717, 1.165) is 25.1 Å². The Hall–Kier alpha value is -2.15. The number of rotatable bonds is 4. The molecular formula is C16H19ClN4O3. The van der Waals surface area contributed by atoms with E-state index in [9.17, 15) is 9.59 Å². The summed E-state index contributed by atoms with van der Waals surface area (Å²) in [5.41, 5.74) is 0.610. The van der Waals surface area contributed by atoms with Gasteiger partial charge in [-0.05, 0) is 19.8 Å². The summed E-state index contributed by atoms with van der Waals surface area (Å²) in [6.07, 6.45) is 2.65. The molecule has 0 saturated carbocycles. The van der Waals surface area contributed by atoms with Crippen molar-refractivity contribution in [1.82, 2.24) is 20.0 Å². The normalized spacial score (nSPS) is 17.9. The van der Waals surface area contributed by atoms with E-state index in [4.69, 9.17) is 16.1 Å². The SMILES string of the molecule is Cc1nc([C@H]2CCCN(C(=O)CCc3cc(Cl)no3)C2)cc(=O)[nH]1. The Morgan fingerprint density at radius 2 is 2.33 bits per heavy atom. The second-order valence-electron chi connectivity index (χ2n) is 6.05. The predicted octanol–water partition coefficient (Wildman–Crippen LogP) is 2.06. The first-order valence-corrected chi connectivity index (χ1v) is 8.36. The molecule has 0 aromatic carbocycles. The third kappa shape index (κ3) is 4.03. The molecule has 24 heavy (non-hydrogen) atoms. The number of carbonyl (C=O) groups excluding carboxylic acids is 1. The van der Waals surface area contributed by atoms with Crippen molar-refractivity contribution in [2.75, 3.05) is 13.1 Å². The Labute approximate surface area is 144 Å². The molecule has 8 heteroatoms. The zero-order valence-electron chi connectivity index (χ0n) is 13.4. The van der Waals surface area contributed by atoms with Crippen molar-refractivity contribution >= 4 is 17.5 Å². The lowest BCUT2D eigenvalue weighted by atomic mass is 9.94. The monoisotopic (exact) mass is 350 g/mol. The molecule has 0 unspecified atom stereocenters. The first kappa shape index (κ1) is 16.7. The molecule has 1 fully saturated rings. The van der Waals surface area contributed by atoms with Crippen LogP contribution < -0.4 is 5.56 Å². The van der Waals surface area contributed by atoms with E-state index in [1.165, 1.54) is 6.07 Å². The molecule has 1 amide bonds. The maximum Gasteiger partial charge on any atom is 0.251 e. The van der Waals surface area contributed by atoms with Crippen LogP contribution in [0.5, 0.6) is 0 Å². The Morgan fingerprint density at radius 1 is 1.50 bits per heavy atom. The Bertz CT molecular complexity index is 786. The van der Waals surface area contributed by atoms with E-state index in [1.54, 1.807) is 13.0 Å². The fourth-order valence-corrected chi connectivity index (χ4v) is 3.21. The third-order valence-electron chi connectivity index (χ3n) is 4.19. The molecule has 0 spiro atoms. The fourth-order valence-electron chi connectivity index (χ4n) is 3.05. The number of aromatic nitrogens is 3. The summed E-state index contributed by atoms with van der Waals surface area (Å²) in [6, 6.07) is 3.15. The van der Waals surface area contributed by atoms with Crippen molar-refractivity contribution in [3.05, 3.63) is 44.9 Å². The molecule has 1 aliphatic rings. The minimum absolute atomic E-state index is 0.0637. The van der Waals surface area contributed by atoms with Gasteiger partial charge in [0.15, 0.2) is 5.15 Å². The van der Waals surface area contributed by atoms with Gasteiger partial charge in [0.2, 0.25) is 5.91 Å². The van der Waals surface area contributed by atoms with E-state index < -0.39 is 0 Å². The number of halogens is 1. The van der Waals surface area contributed by atoms with Crippen molar-refractivity contribution in [2.45, 2.75) is 38.5 Å². The van der Waals surface area contributed by atoms with Gasteiger partial charge in [-0.3, -0.25) is 9.59 Å². The average molecular weight is 351 g/mol. The molecule has 3 heterocycles. The number of carbonyl (C=O) groups is 1. The molecule has 7 nitrogen and oxygen atoms in total. The van der Waals surface area contributed by atoms with E-state index in [-0.39, 0.29) is 17.4 Å². The molecule has 0 radical (unpaired) electrons. The number of hydrogen-bond acceptors (Lipinski definition) is 5. The minimum atomic E-state index is -0.150. The predicted molar refractivity (Wildman–Crippen MR) is 88.0 cm³/mol. The summed E-state index contributed by atoms with van der Waals surface area (Å²) >= 11 is 5.70. The highest BCUT2D eigenvalue weighted by Crippen LogP contribution is 2.25. The highest BCUT2D eigenvalue weighted by molar-refractivity contribution is 6.29. The zero-order chi connectivity index (χ0) is 17.1. The van der Waals surface area contributed by atoms with Gasteiger partial charge in [0.05, 0.1) is 5.69 Å². The van der Waals surface area contributed by atoms with Crippen LogP contribution in [0.3, 0.4) is 0 Å². The molecule has 0 aliphatic carbocycles. The molecule has 1 saturated heterocycles. The molecule has 3 rings (SSSR count). The van der Waals surface area contributed by atoms with Gasteiger partial charge in [0.1, 0.15) is 11.6 Å². The van der Waals surface area contributed by atoms with Crippen molar-refractivity contribution in [2.24, 2.45) is 0 Å². The van der Waals surface area contributed by atoms with Gasteiger partial charge in [-0.15, -0.1) is 0 Å². The maximum absolute atomic E-state index is 12.4. The largest absolute Gasteiger partial charge is 0.360 e. The van der Waals surface area contributed by atoms with Crippen LogP contribution in [-0.4, -0.2) is 39.0 Å². The third-order valence-corrected chi connectivity index (χ3v) is 4.37. The van der Waals surface area contributed by atoms with E-state index in [2.05, 4.69) is 15.1 Å². The molecular weight excluding hydrogens is 332 g/mol. The standard InChI is InChI=1S/C16H19ClN4O3/c1-10-18-13(8-15(22)19-10)11-3-2-6-21(9-11)16(23)5-4-12-7-14(17)20-24-12/h7-8,11H,2-6,9H2,1H3,(H,18,19,22)/t11-/m0/s1. The lowest BCUT2D eigenvalue weighted by Crippen LogP contribution is -2.39. The first-order chi connectivity index (χ1) is 11.5. The summed E-state index contributed by atoms with van der Waals surface area (Å²) in [7, 11) is 0. The topological polar surface area (TPSA) is 92.1 Å². The van der Waals surface area contributed by atoms with Crippen LogP contribution in [0.2, 0.25) is 5.15 Å². The van der Waals surface area contributed by atoms with Gasteiger partial charge >= 0.3 is 0 Å².